The molecule has 166 valence electrons. The molecule has 9 heteroatoms. The Hall–Kier alpha value is -3.01. The summed E-state index contributed by atoms with van der Waals surface area (Å²) in [6.45, 7) is 1.50. The number of rotatable bonds is 7. The molecule has 0 unspecified atom stereocenters. The molecule has 2 N–H and O–H groups in total. The highest BCUT2D eigenvalue weighted by molar-refractivity contribution is 9.10. The Morgan fingerprint density at radius 1 is 0.909 bits per heavy atom. The lowest BCUT2D eigenvalue weighted by atomic mass is 10.1. The van der Waals surface area contributed by atoms with Crippen LogP contribution in [0.5, 0.6) is 0 Å². The standard InChI is InChI=1S/C24H18BrN3O3S2/c1-14(29)15-4-8-18(9-5-15)26-22(30)13-32-24-28-20-11-10-19(12-21(20)33-24)27-23(31)16-2-6-17(25)7-3-16/h2-12H,13H2,1H3,(H,26,30)(H,27,31). The third-order valence-electron chi connectivity index (χ3n) is 4.64. The van der Waals surface area contributed by atoms with Gasteiger partial charge in [-0.1, -0.05) is 27.7 Å². The highest BCUT2D eigenvalue weighted by atomic mass is 79.9. The third kappa shape index (κ3) is 6.07. The lowest BCUT2D eigenvalue weighted by molar-refractivity contribution is -0.113. The van der Waals surface area contributed by atoms with E-state index in [1.54, 1.807) is 36.4 Å². The summed E-state index contributed by atoms with van der Waals surface area (Å²) in [5.74, 6) is -0.150. The van der Waals surface area contributed by atoms with E-state index in [1.807, 2.05) is 30.3 Å². The van der Waals surface area contributed by atoms with Crippen molar-refractivity contribution in [1.29, 1.82) is 0 Å². The largest absolute Gasteiger partial charge is 0.325 e. The molecule has 3 aromatic carbocycles. The van der Waals surface area contributed by atoms with Crippen molar-refractivity contribution >= 4 is 78.2 Å². The van der Waals surface area contributed by atoms with E-state index in [1.165, 1.54) is 30.0 Å². The zero-order valence-electron chi connectivity index (χ0n) is 17.4. The molecule has 0 radical (unpaired) electrons. The number of fused-ring (bicyclic) bond motifs is 1. The van der Waals surface area contributed by atoms with Gasteiger partial charge in [-0.2, -0.15) is 0 Å². The smallest absolute Gasteiger partial charge is 0.255 e. The number of amides is 2. The van der Waals surface area contributed by atoms with E-state index >= 15 is 0 Å². The first-order valence-electron chi connectivity index (χ1n) is 9.88. The number of anilines is 2. The number of ketones is 1. The number of aromatic nitrogens is 1. The summed E-state index contributed by atoms with van der Waals surface area (Å²) < 4.78 is 2.60. The molecule has 0 saturated heterocycles. The van der Waals surface area contributed by atoms with Crippen molar-refractivity contribution in [1.82, 2.24) is 4.98 Å². The fraction of sp³-hybridized carbons (Fsp3) is 0.0833. The summed E-state index contributed by atoms with van der Waals surface area (Å²) in [5.41, 5.74) is 3.30. The summed E-state index contributed by atoms with van der Waals surface area (Å²) in [6.07, 6.45) is 0. The van der Waals surface area contributed by atoms with Crippen LogP contribution in [0.4, 0.5) is 11.4 Å². The van der Waals surface area contributed by atoms with Gasteiger partial charge in [0, 0.05) is 27.0 Å². The van der Waals surface area contributed by atoms with E-state index in [9.17, 15) is 14.4 Å². The lowest BCUT2D eigenvalue weighted by Gasteiger charge is -2.05. The molecule has 2 amide bonds. The molecule has 4 aromatic rings. The summed E-state index contributed by atoms with van der Waals surface area (Å²) in [4.78, 5) is 40.6. The van der Waals surface area contributed by atoms with Crippen LogP contribution < -0.4 is 10.6 Å². The molecule has 6 nitrogen and oxygen atoms in total. The maximum absolute atomic E-state index is 12.4. The average molecular weight is 540 g/mol. The molecule has 0 bridgehead atoms. The molecule has 1 aromatic heterocycles. The van der Waals surface area contributed by atoms with Crippen molar-refractivity contribution in [3.05, 3.63) is 82.3 Å². The molecule has 33 heavy (non-hydrogen) atoms. The van der Waals surface area contributed by atoms with Gasteiger partial charge >= 0.3 is 0 Å². The number of hydrogen-bond acceptors (Lipinski definition) is 6. The van der Waals surface area contributed by atoms with Gasteiger partial charge in [0.25, 0.3) is 5.91 Å². The van der Waals surface area contributed by atoms with Gasteiger partial charge in [-0.05, 0) is 73.7 Å². The highest BCUT2D eigenvalue weighted by Gasteiger charge is 2.11. The molecule has 0 spiro atoms. The van der Waals surface area contributed by atoms with Crippen LogP contribution in [-0.4, -0.2) is 28.3 Å². The van der Waals surface area contributed by atoms with E-state index < -0.39 is 0 Å². The predicted octanol–water partition coefficient (Wildman–Crippen LogP) is 6.24. The van der Waals surface area contributed by atoms with Gasteiger partial charge in [-0.25, -0.2) is 4.98 Å². The van der Waals surface area contributed by atoms with Crippen LogP contribution in [0.1, 0.15) is 27.6 Å². The Bertz CT molecular complexity index is 1340. The van der Waals surface area contributed by atoms with Crippen LogP contribution >= 0.6 is 39.0 Å². The topological polar surface area (TPSA) is 88.2 Å². The first-order chi connectivity index (χ1) is 15.9. The van der Waals surface area contributed by atoms with Crippen molar-refractivity contribution in [3.8, 4) is 0 Å². The van der Waals surface area contributed by atoms with Crippen molar-refractivity contribution in [3.63, 3.8) is 0 Å². The SMILES string of the molecule is CC(=O)c1ccc(NC(=O)CSc2nc3ccc(NC(=O)c4ccc(Br)cc4)cc3s2)cc1. The van der Waals surface area contributed by atoms with Gasteiger partial charge in [0.05, 0.1) is 16.0 Å². The molecular weight excluding hydrogens is 522 g/mol. The van der Waals surface area contributed by atoms with Crippen molar-refractivity contribution in [2.24, 2.45) is 0 Å². The number of nitrogens with zero attached hydrogens (tertiary/aromatic N) is 1. The third-order valence-corrected chi connectivity index (χ3v) is 7.32. The predicted molar refractivity (Wildman–Crippen MR) is 138 cm³/mol. The second kappa shape index (κ2) is 10.3. The zero-order chi connectivity index (χ0) is 23.4. The molecule has 4 rings (SSSR count). The van der Waals surface area contributed by atoms with Crippen molar-refractivity contribution in [2.45, 2.75) is 11.3 Å². The number of Topliss-reactive ketones (excluding diaryl/α,β-unsaturated/α-hetero) is 1. The molecule has 0 atom stereocenters. The molecule has 0 aliphatic heterocycles. The Balaban J connectivity index is 1.36. The Labute approximate surface area is 206 Å². The van der Waals surface area contributed by atoms with Gasteiger partial charge in [0.15, 0.2) is 10.1 Å². The normalized spacial score (nSPS) is 10.7. The number of hydrogen-bond donors (Lipinski definition) is 2. The number of nitrogens with one attached hydrogen (secondary N) is 2. The van der Waals surface area contributed by atoms with Crippen LogP contribution in [-0.2, 0) is 4.79 Å². The minimum Gasteiger partial charge on any atom is -0.325 e. The lowest BCUT2D eigenvalue weighted by Crippen LogP contribution is -2.13. The number of carbonyl (C=O) groups is 3. The number of carbonyl (C=O) groups excluding carboxylic acids is 3. The first kappa shape index (κ1) is 23.2. The number of thioether (sulfide) groups is 1. The number of thiazole rings is 1. The van der Waals surface area contributed by atoms with Gasteiger partial charge in [0.2, 0.25) is 5.91 Å². The molecule has 0 aliphatic carbocycles. The second-order valence-electron chi connectivity index (χ2n) is 7.09. The minimum absolute atomic E-state index is 0.0182. The van der Waals surface area contributed by atoms with E-state index in [0.717, 1.165) is 19.0 Å². The van der Waals surface area contributed by atoms with Crippen molar-refractivity contribution < 1.29 is 14.4 Å². The second-order valence-corrected chi connectivity index (χ2v) is 10.3. The summed E-state index contributed by atoms with van der Waals surface area (Å²) in [6, 6.07) is 19.5. The zero-order valence-corrected chi connectivity index (χ0v) is 20.6. The number of benzene rings is 3. The molecule has 1 heterocycles. The minimum atomic E-state index is -0.186. The van der Waals surface area contributed by atoms with Crippen LogP contribution in [0, 0.1) is 0 Å². The van der Waals surface area contributed by atoms with Gasteiger partial charge in [-0.15, -0.1) is 11.3 Å². The average Bonchev–Trinajstić information content (AvgIpc) is 3.21. The van der Waals surface area contributed by atoms with Crippen LogP contribution in [0.15, 0.2) is 75.5 Å². The van der Waals surface area contributed by atoms with E-state index in [0.29, 0.717) is 22.5 Å². The molecule has 0 saturated carbocycles. The summed E-state index contributed by atoms with van der Waals surface area (Å²) in [7, 11) is 0. The van der Waals surface area contributed by atoms with Crippen LogP contribution in [0.3, 0.4) is 0 Å². The summed E-state index contributed by atoms with van der Waals surface area (Å²) in [5, 5.41) is 5.72. The fourth-order valence-corrected chi connectivity index (χ4v) is 5.13. The maximum Gasteiger partial charge on any atom is 0.255 e. The quantitative estimate of drug-likeness (QED) is 0.214. The monoisotopic (exact) mass is 539 g/mol. The van der Waals surface area contributed by atoms with Crippen molar-refractivity contribution in [2.75, 3.05) is 16.4 Å². The van der Waals surface area contributed by atoms with E-state index in [2.05, 4.69) is 31.5 Å². The Kier molecular flexibility index (Phi) is 7.22. The van der Waals surface area contributed by atoms with Gasteiger partial charge < -0.3 is 10.6 Å². The first-order valence-corrected chi connectivity index (χ1v) is 12.5. The Morgan fingerprint density at radius 3 is 2.27 bits per heavy atom. The van der Waals surface area contributed by atoms with Gasteiger partial charge in [-0.3, -0.25) is 14.4 Å². The fourth-order valence-electron chi connectivity index (χ4n) is 2.96. The van der Waals surface area contributed by atoms with Crippen LogP contribution in [0.2, 0.25) is 0 Å². The van der Waals surface area contributed by atoms with E-state index in [4.69, 9.17) is 0 Å². The van der Waals surface area contributed by atoms with Gasteiger partial charge in [0.1, 0.15) is 0 Å². The van der Waals surface area contributed by atoms with Crippen LogP contribution in [0.25, 0.3) is 10.2 Å². The highest BCUT2D eigenvalue weighted by Crippen LogP contribution is 2.31. The van der Waals surface area contributed by atoms with E-state index in [-0.39, 0.29) is 23.4 Å². The molecule has 0 fully saturated rings. The molecular formula is C24H18BrN3O3S2. The molecule has 0 aliphatic rings. The summed E-state index contributed by atoms with van der Waals surface area (Å²) >= 11 is 6.18. The number of halogens is 1. The Morgan fingerprint density at radius 2 is 1.58 bits per heavy atom. The maximum atomic E-state index is 12.4.